The number of anilines is 1. The fourth-order valence-corrected chi connectivity index (χ4v) is 2.69. The molecule has 0 radical (unpaired) electrons. The van der Waals surface area contributed by atoms with Crippen LogP contribution in [-0.4, -0.2) is 13.2 Å². The van der Waals surface area contributed by atoms with Crippen molar-refractivity contribution in [1.29, 1.82) is 0 Å². The van der Waals surface area contributed by atoms with Crippen molar-refractivity contribution >= 4 is 5.69 Å². The van der Waals surface area contributed by atoms with Gasteiger partial charge in [0.05, 0.1) is 7.11 Å². The molecule has 1 unspecified atom stereocenters. The van der Waals surface area contributed by atoms with Crippen LogP contribution < -0.4 is 10.1 Å². The molecule has 0 fully saturated rings. The predicted molar refractivity (Wildman–Crippen MR) is 104 cm³/mol. The van der Waals surface area contributed by atoms with E-state index in [1.165, 1.54) is 11.1 Å². The summed E-state index contributed by atoms with van der Waals surface area (Å²) in [5.74, 6) is 1.45. The van der Waals surface area contributed by atoms with Crippen LogP contribution >= 0.6 is 0 Å². The van der Waals surface area contributed by atoms with E-state index >= 15 is 0 Å². The van der Waals surface area contributed by atoms with Crippen molar-refractivity contribution < 1.29 is 4.74 Å². The molecule has 0 aromatic heterocycles. The Morgan fingerprint density at radius 1 is 1.04 bits per heavy atom. The molecule has 2 aromatic rings. The summed E-state index contributed by atoms with van der Waals surface area (Å²) >= 11 is 0. The van der Waals surface area contributed by atoms with Crippen molar-refractivity contribution in [3.63, 3.8) is 0 Å². The predicted octanol–water partition coefficient (Wildman–Crippen LogP) is 5.71. The smallest absolute Gasteiger partial charge is 0.119 e. The average molecular weight is 323 g/mol. The van der Waals surface area contributed by atoms with Crippen LogP contribution in [0.25, 0.3) is 0 Å². The lowest BCUT2D eigenvalue weighted by Gasteiger charge is -2.24. The maximum absolute atomic E-state index is 5.22. The van der Waals surface area contributed by atoms with Crippen molar-refractivity contribution in [3.05, 3.63) is 71.8 Å². The Bertz CT molecular complexity index is 629. The number of benzene rings is 2. The van der Waals surface area contributed by atoms with Crippen LogP contribution in [0.5, 0.6) is 5.75 Å². The van der Waals surface area contributed by atoms with Gasteiger partial charge in [-0.3, -0.25) is 0 Å². The van der Waals surface area contributed by atoms with Gasteiger partial charge >= 0.3 is 0 Å². The van der Waals surface area contributed by atoms with Crippen LogP contribution in [0, 0.1) is 5.92 Å². The molecule has 128 valence electrons. The third-order valence-corrected chi connectivity index (χ3v) is 4.32. The van der Waals surface area contributed by atoms with Gasteiger partial charge in [0.15, 0.2) is 0 Å². The molecule has 1 N–H and O–H groups in total. The average Bonchev–Trinajstić information content (AvgIpc) is 2.61. The fourth-order valence-electron chi connectivity index (χ4n) is 2.69. The summed E-state index contributed by atoms with van der Waals surface area (Å²) in [6, 6.07) is 19.2. The maximum Gasteiger partial charge on any atom is 0.119 e. The molecule has 0 aliphatic rings. The zero-order valence-corrected chi connectivity index (χ0v) is 15.3. The van der Waals surface area contributed by atoms with Gasteiger partial charge in [-0.2, -0.15) is 0 Å². The van der Waals surface area contributed by atoms with Gasteiger partial charge in [0.2, 0.25) is 0 Å². The zero-order valence-electron chi connectivity index (χ0n) is 15.3. The Hall–Kier alpha value is -2.22. The Morgan fingerprint density at radius 2 is 1.71 bits per heavy atom. The number of nitrogens with one attached hydrogen (secondary N) is 1. The second-order valence-electron chi connectivity index (χ2n) is 6.67. The third-order valence-electron chi connectivity index (χ3n) is 4.32. The topological polar surface area (TPSA) is 21.3 Å². The summed E-state index contributed by atoms with van der Waals surface area (Å²) in [5.41, 5.74) is 3.94. The maximum atomic E-state index is 5.22. The molecule has 0 saturated carbocycles. The monoisotopic (exact) mass is 323 g/mol. The van der Waals surface area contributed by atoms with Gasteiger partial charge in [0, 0.05) is 11.7 Å². The molecule has 1 atom stereocenters. The highest BCUT2D eigenvalue weighted by Crippen LogP contribution is 2.21. The second kappa shape index (κ2) is 9.17. The number of rotatable bonds is 8. The van der Waals surface area contributed by atoms with Crippen molar-refractivity contribution in [3.8, 4) is 5.75 Å². The largest absolute Gasteiger partial charge is 0.497 e. The van der Waals surface area contributed by atoms with Crippen LogP contribution in [0.3, 0.4) is 0 Å². The quantitative estimate of drug-likeness (QED) is 0.628. The molecule has 0 aliphatic heterocycles. The number of hydrogen-bond acceptors (Lipinski definition) is 2. The summed E-state index contributed by atoms with van der Waals surface area (Å²) < 4.78 is 5.22. The first-order valence-electron chi connectivity index (χ1n) is 8.68. The molecule has 2 nitrogen and oxygen atoms in total. The number of ether oxygens (including phenoxy) is 1. The first-order chi connectivity index (χ1) is 11.6. The van der Waals surface area contributed by atoms with Gasteiger partial charge in [-0.1, -0.05) is 55.8 Å². The Balaban J connectivity index is 1.96. The summed E-state index contributed by atoms with van der Waals surface area (Å²) in [7, 11) is 1.69. The highest BCUT2D eigenvalue weighted by atomic mass is 16.5. The molecule has 2 rings (SSSR count). The van der Waals surface area contributed by atoms with E-state index in [9.17, 15) is 0 Å². The number of hydrogen-bond donors (Lipinski definition) is 1. The molecule has 0 aliphatic carbocycles. The molecule has 0 saturated heterocycles. The first kappa shape index (κ1) is 18.1. The molecule has 2 aromatic carbocycles. The van der Waals surface area contributed by atoms with E-state index < -0.39 is 0 Å². The minimum atomic E-state index is 0.422. The van der Waals surface area contributed by atoms with Gasteiger partial charge < -0.3 is 10.1 Å². The van der Waals surface area contributed by atoms with Crippen LogP contribution in [0.4, 0.5) is 5.69 Å². The van der Waals surface area contributed by atoms with Gasteiger partial charge in [-0.15, -0.1) is 0 Å². The molecule has 0 heterocycles. The highest BCUT2D eigenvalue weighted by molar-refractivity contribution is 5.47. The molecule has 0 amide bonds. The minimum Gasteiger partial charge on any atom is -0.497 e. The van der Waals surface area contributed by atoms with Crippen molar-refractivity contribution in [2.75, 3.05) is 12.4 Å². The highest BCUT2D eigenvalue weighted by Gasteiger charge is 2.13. The van der Waals surface area contributed by atoms with Crippen LogP contribution in [0.15, 0.2) is 66.2 Å². The van der Waals surface area contributed by atoms with E-state index in [4.69, 9.17) is 4.74 Å². The van der Waals surface area contributed by atoms with E-state index in [1.54, 1.807) is 7.11 Å². The van der Waals surface area contributed by atoms with Gasteiger partial charge in [-0.25, -0.2) is 0 Å². The Kier molecular flexibility index (Phi) is 6.92. The number of methoxy groups -OCH3 is 1. The van der Waals surface area contributed by atoms with E-state index in [-0.39, 0.29) is 0 Å². The normalized spacial score (nSPS) is 13.0. The minimum absolute atomic E-state index is 0.422. The van der Waals surface area contributed by atoms with Crippen LogP contribution in [-0.2, 0) is 6.42 Å². The molecule has 2 heteroatoms. The second-order valence-corrected chi connectivity index (χ2v) is 6.67. The lowest BCUT2D eigenvalue weighted by molar-refractivity contribution is 0.415. The van der Waals surface area contributed by atoms with Gasteiger partial charge in [0.1, 0.15) is 5.75 Å². The summed E-state index contributed by atoms with van der Waals surface area (Å²) in [6.45, 7) is 6.77. The molecule has 24 heavy (non-hydrogen) atoms. The Labute approximate surface area is 146 Å². The molecular formula is C22H29NO. The molecular weight excluding hydrogens is 294 g/mol. The molecule has 0 spiro atoms. The summed E-state index contributed by atoms with van der Waals surface area (Å²) in [4.78, 5) is 0. The van der Waals surface area contributed by atoms with Crippen molar-refractivity contribution in [2.45, 2.75) is 39.7 Å². The van der Waals surface area contributed by atoms with E-state index in [2.05, 4.69) is 74.6 Å². The lowest BCUT2D eigenvalue weighted by atomic mass is 9.95. The van der Waals surface area contributed by atoms with Crippen LogP contribution in [0.2, 0.25) is 0 Å². The van der Waals surface area contributed by atoms with E-state index in [0.29, 0.717) is 12.0 Å². The van der Waals surface area contributed by atoms with Gasteiger partial charge in [0.25, 0.3) is 0 Å². The van der Waals surface area contributed by atoms with Crippen LogP contribution in [0.1, 0.15) is 32.8 Å². The van der Waals surface area contributed by atoms with E-state index in [0.717, 1.165) is 24.3 Å². The number of allylic oxidation sites excluding steroid dienone is 1. The summed E-state index contributed by atoms with van der Waals surface area (Å²) in [5, 5.41) is 3.66. The lowest BCUT2D eigenvalue weighted by Crippen LogP contribution is -2.26. The standard InChI is InChI=1S/C22H29NO/c1-17(2)22(23-20-12-14-21(24-4)15-13-20)16-18(3)10-11-19-8-6-5-7-9-19/h5-10,12-15,17,22-23H,11,16H2,1-4H3/b18-10+. The molecule has 0 bridgehead atoms. The fraction of sp³-hybridized carbons (Fsp3) is 0.364. The van der Waals surface area contributed by atoms with Gasteiger partial charge in [-0.05, 0) is 55.5 Å². The third kappa shape index (κ3) is 5.77. The SMILES string of the molecule is COc1ccc(NC(C/C(C)=C/Cc2ccccc2)C(C)C)cc1. The zero-order chi connectivity index (χ0) is 17.4. The Morgan fingerprint density at radius 3 is 2.29 bits per heavy atom. The van der Waals surface area contributed by atoms with E-state index in [1.807, 2.05) is 12.1 Å². The van der Waals surface area contributed by atoms with Crippen molar-refractivity contribution in [2.24, 2.45) is 5.92 Å². The summed E-state index contributed by atoms with van der Waals surface area (Å²) in [6.07, 6.45) is 4.40. The van der Waals surface area contributed by atoms with Crippen molar-refractivity contribution in [1.82, 2.24) is 0 Å². The first-order valence-corrected chi connectivity index (χ1v) is 8.68.